The van der Waals surface area contributed by atoms with E-state index in [0.29, 0.717) is 5.92 Å². The summed E-state index contributed by atoms with van der Waals surface area (Å²) < 4.78 is 5.43. The molecule has 3 saturated heterocycles. The van der Waals surface area contributed by atoms with Crippen LogP contribution in [0.15, 0.2) is 6.07 Å². The third-order valence-corrected chi connectivity index (χ3v) is 5.93. The maximum atomic E-state index is 13.1. The van der Waals surface area contributed by atoms with Crippen molar-refractivity contribution >= 4 is 34.8 Å². The molecule has 27 heavy (non-hydrogen) atoms. The Morgan fingerprint density at radius 1 is 1.41 bits per heavy atom. The first-order chi connectivity index (χ1) is 12.9. The van der Waals surface area contributed by atoms with Gasteiger partial charge in [-0.2, -0.15) is 0 Å². The minimum absolute atomic E-state index is 0.0203. The van der Waals surface area contributed by atoms with E-state index in [1.54, 1.807) is 0 Å². The van der Waals surface area contributed by atoms with Crippen LogP contribution >= 0.6 is 11.6 Å². The Morgan fingerprint density at radius 2 is 2.11 bits per heavy atom. The predicted molar refractivity (Wildman–Crippen MR) is 97.4 cm³/mol. The zero-order valence-electron chi connectivity index (χ0n) is 14.7. The summed E-state index contributed by atoms with van der Waals surface area (Å²) in [5.41, 5.74) is -0.476. The molecular weight excluding hydrogens is 376 g/mol. The lowest BCUT2D eigenvalue weighted by Gasteiger charge is -2.45. The van der Waals surface area contributed by atoms with Crippen molar-refractivity contribution in [1.29, 1.82) is 0 Å². The van der Waals surface area contributed by atoms with E-state index in [0.717, 1.165) is 32.5 Å². The summed E-state index contributed by atoms with van der Waals surface area (Å²) >= 11 is 6.10. The molecule has 3 fully saturated rings. The number of fused-ring (bicyclic) bond motifs is 4. The Kier molecular flexibility index (Phi) is 4.43. The standard InChI is InChI=1S/C17H19ClN4O5/c1-20-12-6-10(18)15(22(25)26)14(16(12)27-8-13(20)23)17(24)19-11-7-21-4-2-9(11)3-5-21/h6,9,11H,2-5,7-8H2,1H3,(H,19,24). The third kappa shape index (κ3) is 3.00. The zero-order chi connectivity index (χ0) is 19.3. The van der Waals surface area contributed by atoms with Crippen LogP contribution in [0.3, 0.4) is 0 Å². The molecule has 2 amide bonds. The van der Waals surface area contributed by atoms with Gasteiger partial charge in [-0.1, -0.05) is 11.6 Å². The van der Waals surface area contributed by atoms with Gasteiger partial charge in [0.2, 0.25) is 0 Å². The number of amides is 2. The number of nitro benzene ring substituents is 1. The number of benzene rings is 1. The highest BCUT2D eigenvalue weighted by Gasteiger charge is 2.39. The normalized spacial score (nSPS) is 26.4. The molecule has 1 aromatic rings. The van der Waals surface area contributed by atoms with Crippen molar-refractivity contribution < 1.29 is 19.2 Å². The van der Waals surface area contributed by atoms with Crippen molar-refractivity contribution in [2.75, 3.05) is 38.2 Å². The topological polar surface area (TPSA) is 105 Å². The highest BCUT2D eigenvalue weighted by Crippen LogP contribution is 2.44. The number of piperidine rings is 3. The Labute approximate surface area is 160 Å². The first-order valence-electron chi connectivity index (χ1n) is 8.80. The molecule has 1 aromatic carbocycles. The lowest BCUT2D eigenvalue weighted by Crippen LogP contribution is -2.57. The van der Waals surface area contributed by atoms with Crippen LogP contribution in [0, 0.1) is 16.0 Å². The minimum atomic E-state index is -0.687. The van der Waals surface area contributed by atoms with Gasteiger partial charge in [-0.25, -0.2) is 0 Å². The summed E-state index contributed by atoms with van der Waals surface area (Å²) in [6.45, 7) is 2.47. The Bertz CT molecular complexity index is 837. The van der Waals surface area contributed by atoms with E-state index in [4.69, 9.17) is 16.3 Å². The zero-order valence-corrected chi connectivity index (χ0v) is 15.5. The second-order valence-electron chi connectivity index (χ2n) is 7.15. The molecule has 0 aromatic heterocycles. The van der Waals surface area contributed by atoms with Gasteiger partial charge in [-0.15, -0.1) is 0 Å². The van der Waals surface area contributed by atoms with E-state index < -0.39 is 16.5 Å². The molecule has 0 spiro atoms. The van der Waals surface area contributed by atoms with Gasteiger partial charge >= 0.3 is 5.69 Å². The first-order valence-corrected chi connectivity index (χ1v) is 9.18. The van der Waals surface area contributed by atoms with Gasteiger partial charge in [0.1, 0.15) is 5.02 Å². The molecule has 4 aliphatic heterocycles. The van der Waals surface area contributed by atoms with Crippen LogP contribution in [0.4, 0.5) is 11.4 Å². The molecule has 4 aliphatic rings. The summed E-state index contributed by atoms with van der Waals surface area (Å²) in [7, 11) is 1.51. The molecule has 10 heteroatoms. The van der Waals surface area contributed by atoms with Gasteiger partial charge in [0, 0.05) is 19.6 Å². The van der Waals surface area contributed by atoms with Gasteiger partial charge < -0.3 is 19.9 Å². The van der Waals surface area contributed by atoms with Crippen molar-refractivity contribution in [2.24, 2.45) is 5.92 Å². The van der Waals surface area contributed by atoms with Crippen LogP contribution in [0.1, 0.15) is 23.2 Å². The molecule has 1 atom stereocenters. The van der Waals surface area contributed by atoms with Gasteiger partial charge in [-0.3, -0.25) is 19.7 Å². The number of likely N-dealkylation sites (N-methyl/N-ethyl adjacent to an activating group) is 1. The van der Waals surface area contributed by atoms with Crippen LogP contribution in [-0.4, -0.2) is 61.0 Å². The Hall–Kier alpha value is -2.39. The molecule has 1 N–H and O–H groups in total. The smallest absolute Gasteiger partial charge is 0.304 e. The highest BCUT2D eigenvalue weighted by molar-refractivity contribution is 6.34. The second-order valence-corrected chi connectivity index (χ2v) is 7.55. The SMILES string of the molecule is CN1C(=O)COc2c1cc(Cl)c([N+](=O)[O-])c2C(=O)NC1CN2CCC1CC2. The summed E-state index contributed by atoms with van der Waals surface area (Å²) in [6.07, 6.45) is 1.99. The fourth-order valence-electron chi connectivity index (χ4n) is 4.13. The molecule has 9 nitrogen and oxygen atoms in total. The average Bonchev–Trinajstić information content (AvgIpc) is 2.65. The minimum Gasteiger partial charge on any atom is -0.480 e. The maximum Gasteiger partial charge on any atom is 0.304 e. The number of rotatable bonds is 3. The molecule has 1 unspecified atom stereocenters. The van der Waals surface area contributed by atoms with Crippen LogP contribution in [0.5, 0.6) is 5.75 Å². The summed E-state index contributed by atoms with van der Waals surface area (Å²) in [6, 6.07) is 1.22. The lowest BCUT2D eigenvalue weighted by atomic mass is 9.84. The number of hydrogen-bond donors (Lipinski definition) is 1. The van der Waals surface area contributed by atoms with Crippen LogP contribution in [-0.2, 0) is 4.79 Å². The number of halogens is 1. The molecule has 0 saturated carbocycles. The number of hydrogen-bond acceptors (Lipinski definition) is 6. The van der Waals surface area contributed by atoms with Crippen LogP contribution < -0.4 is 15.0 Å². The summed E-state index contributed by atoms with van der Waals surface area (Å²) in [5, 5.41) is 14.3. The molecule has 144 valence electrons. The van der Waals surface area contributed by atoms with Crippen molar-refractivity contribution in [1.82, 2.24) is 10.2 Å². The average molecular weight is 395 g/mol. The second kappa shape index (κ2) is 6.65. The molecule has 2 bridgehead atoms. The number of carbonyl (C=O) groups excluding carboxylic acids is 2. The van der Waals surface area contributed by atoms with Crippen molar-refractivity contribution in [3.05, 3.63) is 26.8 Å². The monoisotopic (exact) mass is 394 g/mol. The fourth-order valence-corrected chi connectivity index (χ4v) is 4.39. The number of ether oxygens (including phenoxy) is 1. The molecule has 5 rings (SSSR count). The van der Waals surface area contributed by atoms with Gasteiger partial charge in [0.05, 0.1) is 10.6 Å². The lowest BCUT2D eigenvalue weighted by molar-refractivity contribution is -0.385. The van der Waals surface area contributed by atoms with Gasteiger partial charge in [-0.05, 0) is 37.9 Å². The van der Waals surface area contributed by atoms with Crippen LogP contribution in [0.25, 0.3) is 0 Å². The van der Waals surface area contributed by atoms with Gasteiger partial charge in [0.15, 0.2) is 17.9 Å². The van der Waals surface area contributed by atoms with Crippen molar-refractivity contribution in [2.45, 2.75) is 18.9 Å². The van der Waals surface area contributed by atoms with Crippen molar-refractivity contribution in [3.8, 4) is 5.75 Å². The van der Waals surface area contributed by atoms with E-state index in [9.17, 15) is 19.7 Å². The summed E-state index contributed by atoms with van der Waals surface area (Å²) in [4.78, 5) is 39.4. The summed E-state index contributed by atoms with van der Waals surface area (Å²) in [5.74, 6) is -0.539. The van der Waals surface area contributed by atoms with E-state index >= 15 is 0 Å². The number of carbonyl (C=O) groups is 2. The van der Waals surface area contributed by atoms with E-state index in [2.05, 4.69) is 10.2 Å². The molecule has 4 heterocycles. The predicted octanol–water partition coefficient (Wildman–Crippen LogP) is 1.43. The van der Waals surface area contributed by atoms with E-state index in [-0.39, 0.29) is 40.6 Å². The van der Waals surface area contributed by atoms with Gasteiger partial charge in [0.25, 0.3) is 11.8 Å². The Balaban J connectivity index is 1.74. The van der Waals surface area contributed by atoms with E-state index in [1.807, 2.05) is 0 Å². The highest BCUT2D eigenvalue weighted by atomic mass is 35.5. The third-order valence-electron chi connectivity index (χ3n) is 5.64. The quantitative estimate of drug-likeness (QED) is 0.614. The number of nitro groups is 1. The fraction of sp³-hybridized carbons (Fsp3) is 0.529. The molecular formula is C17H19ClN4O5. The van der Waals surface area contributed by atoms with Crippen LogP contribution in [0.2, 0.25) is 5.02 Å². The largest absolute Gasteiger partial charge is 0.480 e. The maximum absolute atomic E-state index is 13.1. The first kappa shape index (κ1) is 18.0. The molecule has 0 aliphatic carbocycles. The number of nitrogens with zero attached hydrogens (tertiary/aromatic N) is 3. The Morgan fingerprint density at radius 3 is 2.70 bits per heavy atom. The molecule has 0 radical (unpaired) electrons. The number of nitrogens with one attached hydrogen (secondary N) is 1. The van der Waals surface area contributed by atoms with E-state index in [1.165, 1.54) is 18.0 Å². The number of anilines is 1. The van der Waals surface area contributed by atoms with Crippen molar-refractivity contribution in [3.63, 3.8) is 0 Å².